The number of rotatable bonds is 5. The molecule has 0 atom stereocenters. The average Bonchev–Trinajstić information content (AvgIpc) is 3.08. The lowest BCUT2D eigenvalue weighted by Gasteiger charge is -2.16. The number of hydrogen-bond acceptors (Lipinski definition) is 3. The van der Waals surface area contributed by atoms with E-state index in [1.54, 1.807) is 0 Å². The predicted octanol–water partition coefficient (Wildman–Crippen LogP) is 10.5. The monoisotopic (exact) mass is 569 g/mol. The smallest absolute Gasteiger partial charge is 0.160 e. The minimum Gasteiger partial charge on any atom is -0.228 e. The Morgan fingerprint density at radius 3 is 1.84 bits per heavy atom. The summed E-state index contributed by atoms with van der Waals surface area (Å²) < 4.78 is 0. The van der Waals surface area contributed by atoms with Gasteiger partial charge in [-0.05, 0) is 63.4 Å². The Morgan fingerprint density at radius 1 is 0.512 bits per heavy atom. The first-order valence-corrected chi connectivity index (χ1v) is 14.4. The molecule has 0 bridgehead atoms. The van der Waals surface area contributed by atoms with Crippen LogP contribution >= 0.6 is 11.6 Å². The zero-order chi connectivity index (χ0) is 29.2. The van der Waals surface area contributed by atoms with Crippen LogP contribution < -0.4 is 0 Å². The number of benzene rings is 6. The van der Waals surface area contributed by atoms with Crippen LogP contribution in [-0.2, 0) is 0 Å². The van der Waals surface area contributed by atoms with E-state index in [0.29, 0.717) is 16.4 Å². The van der Waals surface area contributed by atoms with Crippen LogP contribution in [0.25, 0.3) is 66.9 Å². The lowest BCUT2D eigenvalue weighted by molar-refractivity contribution is 1.18. The van der Waals surface area contributed by atoms with Gasteiger partial charge in [0.15, 0.2) is 5.82 Å². The third-order valence-electron chi connectivity index (χ3n) is 7.62. The number of nitriles is 1. The fraction of sp³-hybridized carbons (Fsp3) is 0. The van der Waals surface area contributed by atoms with E-state index in [1.165, 1.54) is 0 Å². The Kier molecular flexibility index (Phi) is 6.97. The van der Waals surface area contributed by atoms with E-state index in [-0.39, 0.29) is 0 Å². The molecule has 0 saturated carbocycles. The summed E-state index contributed by atoms with van der Waals surface area (Å²) in [5, 5.41) is 12.2. The number of halogens is 1. The molecule has 0 aliphatic carbocycles. The molecule has 7 aromatic rings. The lowest BCUT2D eigenvalue weighted by Crippen LogP contribution is -1.97. The molecule has 6 aromatic carbocycles. The predicted molar refractivity (Wildman–Crippen MR) is 176 cm³/mol. The molecule has 0 unspecified atom stereocenters. The molecular weight excluding hydrogens is 546 g/mol. The van der Waals surface area contributed by atoms with Crippen molar-refractivity contribution in [3.63, 3.8) is 0 Å². The van der Waals surface area contributed by atoms with Gasteiger partial charge in [0.1, 0.15) is 0 Å². The molecule has 0 fully saturated rings. The molecular formula is C39H24ClN3. The van der Waals surface area contributed by atoms with E-state index in [4.69, 9.17) is 21.6 Å². The molecule has 0 N–H and O–H groups in total. The highest BCUT2D eigenvalue weighted by atomic mass is 35.5. The molecule has 4 heteroatoms. The Bertz CT molecular complexity index is 2110. The fourth-order valence-corrected chi connectivity index (χ4v) is 5.56. The normalized spacial score (nSPS) is 10.9. The van der Waals surface area contributed by atoms with E-state index < -0.39 is 0 Å². The van der Waals surface area contributed by atoms with Crippen molar-refractivity contribution in [3.8, 4) is 62.2 Å². The minimum absolute atomic E-state index is 0.651. The molecule has 0 spiro atoms. The van der Waals surface area contributed by atoms with E-state index in [2.05, 4.69) is 72.8 Å². The highest BCUT2D eigenvalue weighted by Crippen LogP contribution is 2.40. The summed E-state index contributed by atoms with van der Waals surface area (Å²) >= 11 is 6.22. The molecule has 7 rings (SSSR count). The van der Waals surface area contributed by atoms with Gasteiger partial charge in [-0.25, -0.2) is 9.97 Å². The highest BCUT2D eigenvalue weighted by Gasteiger charge is 2.17. The summed E-state index contributed by atoms with van der Waals surface area (Å²) in [6.07, 6.45) is 0. The van der Waals surface area contributed by atoms with Gasteiger partial charge in [-0.2, -0.15) is 5.26 Å². The zero-order valence-corrected chi connectivity index (χ0v) is 23.8. The average molecular weight is 570 g/mol. The summed E-state index contributed by atoms with van der Waals surface area (Å²) in [5.41, 5.74) is 9.65. The van der Waals surface area contributed by atoms with E-state index in [0.717, 1.165) is 61.1 Å². The summed E-state index contributed by atoms with van der Waals surface area (Å²) in [5.74, 6) is 0.665. The van der Waals surface area contributed by atoms with Crippen LogP contribution in [0.1, 0.15) is 5.56 Å². The van der Waals surface area contributed by atoms with Crippen LogP contribution in [0.3, 0.4) is 0 Å². The van der Waals surface area contributed by atoms with Crippen LogP contribution in [0.5, 0.6) is 0 Å². The van der Waals surface area contributed by atoms with E-state index in [9.17, 15) is 5.26 Å². The van der Waals surface area contributed by atoms with Gasteiger partial charge in [0.2, 0.25) is 0 Å². The molecule has 1 heterocycles. The van der Waals surface area contributed by atoms with Crippen molar-refractivity contribution in [1.29, 1.82) is 5.26 Å². The van der Waals surface area contributed by atoms with Gasteiger partial charge < -0.3 is 0 Å². The van der Waals surface area contributed by atoms with Crippen molar-refractivity contribution < 1.29 is 0 Å². The third kappa shape index (κ3) is 5.28. The van der Waals surface area contributed by atoms with Crippen molar-refractivity contribution >= 4 is 22.4 Å². The van der Waals surface area contributed by atoms with Crippen LogP contribution in [0.15, 0.2) is 146 Å². The lowest BCUT2D eigenvalue weighted by atomic mass is 9.90. The molecule has 1 aromatic heterocycles. The number of fused-ring (bicyclic) bond motifs is 1. The summed E-state index contributed by atoms with van der Waals surface area (Å²) in [6.45, 7) is 0. The van der Waals surface area contributed by atoms with Gasteiger partial charge in [-0.1, -0.05) is 127 Å². The maximum Gasteiger partial charge on any atom is 0.160 e. The molecule has 202 valence electrons. The molecule has 0 amide bonds. The van der Waals surface area contributed by atoms with Crippen LogP contribution in [0.2, 0.25) is 5.02 Å². The SMILES string of the molecule is N#Cc1ccc(-c2ccc(-c3c(-c4cc(-c5ccc(Cl)cc5)nc(-c5ccccc5)n4)ccc4ccccc34)cc2)cc1. The van der Waals surface area contributed by atoms with Gasteiger partial charge in [0.05, 0.1) is 23.0 Å². The largest absolute Gasteiger partial charge is 0.228 e. The Hall–Kier alpha value is -5.56. The van der Waals surface area contributed by atoms with Crippen molar-refractivity contribution in [3.05, 3.63) is 156 Å². The Labute approximate surface area is 255 Å². The molecule has 0 saturated heterocycles. The van der Waals surface area contributed by atoms with Gasteiger partial charge in [-0.3, -0.25) is 0 Å². The Balaban J connectivity index is 1.42. The van der Waals surface area contributed by atoms with Crippen molar-refractivity contribution in [2.45, 2.75) is 0 Å². The second-order valence-electron chi connectivity index (χ2n) is 10.3. The summed E-state index contributed by atoms with van der Waals surface area (Å²) in [4.78, 5) is 10.1. The molecule has 0 radical (unpaired) electrons. The van der Waals surface area contributed by atoms with Gasteiger partial charge >= 0.3 is 0 Å². The molecule has 0 aliphatic heterocycles. The number of aromatic nitrogens is 2. The zero-order valence-electron chi connectivity index (χ0n) is 23.1. The third-order valence-corrected chi connectivity index (χ3v) is 7.88. The maximum atomic E-state index is 9.18. The Morgan fingerprint density at radius 2 is 1.12 bits per heavy atom. The molecule has 3 nitrogen and oxygen atoms in total. The fourth-order valence-electron chi connectivity index (χ4n) is 5.43. The first-order chi connectivity index (χ1) is 21.2. The molecule has 43 heavy (non-hydrogen) atoms. The van der Waals surface area contributed by atoms with E-state index in [1.807, 2.05) is 78.9 Å². The maximum absolute atomic E-state index is 9.18. The summed E-state index contributed by atoms with van der Waals surface area (Å²) in [6, 6.07) is 51.1. The quantitative estimate of drug-likeness (QED) is 0.207. The van der Waals surface area contributed by atoms with Crippen molar-refractivity contribution in [2.75, 3.05) is 0 Å². The first-order valence-electron chi connectivity index (χ1n) is 14.0. The van der Waals surface area contributed by atoms with Gasteiger partial charge in [0.25, 0.3) is 0 Å². The minimum atomic E-state index is 0.651. The number of nitrogens with zero attached hydrogens (tertiary/aromatic N) is 3. The van der Waals surface area contributed by atoms with Gasteiger partial charge in [0, 0.05) is 21.7 Å². The second-order valence-corrected chi connectivity index (χ2v) is 10.7. The van der Waals surface area contributed by atoms with Gasteiger partial charge in [-0.15, -0.1) is 0 Å². The van der Waals surface area contributed by atoms with Crippen LogP contribution in [0, 0.1) is 11.3 Å². The van der Waals surface area contributed by atoms with E-state index >= 15 is 0 Å². The molecule has 0 aliphatic rings. The number of hydrogen-bond donors (Lipinski definition) is 0. The van der Waals surface area contributed by atoms with Crippen molar-refractivity contribution in [1.82, 2.24) is 9.97 Å². The highest BCUT2D eigenvalue weighted by molar-refractivity contribution is 6.30. The summed E-state index contributed by atoms with van der Waals surface area (Å²) in [7, 11) is 0. The first kappa shape index (κ1) is 26.3. The van der Waals surface area contributed by atoms with Crippen molar-refractivity contribution in [2.24, 2.45) is 0 Å². The standard InChI is InChI=1S/C39H24ClN3/c40-33-21-18-30(19-22-33)36-24-37(43-39(42-36)32-7-2-1-3-8-32)35-23-20-29-6-4-5-9-34(29)38(35)31-16-14-28(15-17-31)27-12-10-26(25-41)11-13-27/h1-24H. The topological polar surface area (TPSA) is 49.6 Å². The van der Waals surface area contributed by atoms with Crippen LogP contribution in [0.4, 0.5) is 0 Å². The van der Waals surface area contributed by atoms with Crippen LogP contribution in [-0.4, -0.2) is 9.97 Å². The second kappa shape index (κ2) is 11.4.